The van der Waals surface area contributed by atoms with Gasteiger partial charge in [-0.2, -0.15) is 0 Å². The molecule has 0 aliphatic rings. The number of halogens is 2. The second-order valence-corrected chi connectivity index (χ2v) is 3.56. The van der Waals surface area contributed by atoms with Crippen molar-refractivity contribution >= 4 is 21.9 Å². The number of aliphatic hydroxyl groups excluding tert-OH is 1. The molecule has 3 nitrogen and oxygen atoms in total. The van der Waals surface area contributed by atoms with E-state index < -0.39 is 17.9 Å². The van der Waals surface area contributed by atoms with Gasteiger partial charge in [-0.25, -0.2) is 9.18 Å². The summed E-state index contributed by atoms with van der Waals surface area (Å²) in [5.74, 6) is -1.79. The number of benzene rings is 1. The van der Waals surface area contributed by atoms with Crippen molar-refractivity contribution in [2.24, 2.45) is 0 Å². The van der Waals surface area contributed by atoms with Crippen molar-refractivity contribution in [2.45, 2.75) is 12.5 Å². The zero-order chi connectivity index (χ0) is 10.7. The fraction of sp³-hybridized carbons (Fsp3) is 0.222. The molecule has 0 aliphatic carbocycles. The van der Waals surface area contributed by atoms with Gasteiger partial charge in [0.05, 0.1) is 4.47 Å². The van der Waals surface area contributed by atoms with Crippen molar-refractivity contribution in [1.29, 1.82) is 0 Å². The Labute approximate surface area is 88.3 Å². The van der Waals surface area contributed by atoms with Crippen molar-refractivity contribution in [1.82, 2.24) is 0 Å². The van der Waals surface area contributed by atoms with Crippen LogP contribution >= 0.6 is 15.9 Å². The lowest BCUT2D eigenvalue weighted by Gasteiger charge is -2.07. The maximum atomic E-state index is 13.0. The highest BCUT2D eigenvalue weighted by molar-refractivity contribution is 9.10. The molecular formula is C9H8BrFO3. The lowest BCUT2D eigenvalue weighted by atomic mass is 10.1. The van der Waals surface area contributed by atoms with E-state index in [0.717, 1.165) is 0 Å². The fourth-order valence-electron chi connectivity index (χ4n) is 1.00. The minimum absolute atomic E-state index is 0.117. The van der Waals surface area contributed by atoms with Gasteiger partial charge in [0.15, 0.2) is 6.10 Å². The summed E-state index contributed by atoms with van der Waals surface area (Å²) in [4.78, 5) is 10.3. The van der Waals surface area contributed by atoms with E-state index in [2.05, 4.69) is 15.9 Å². The molecule has 0 fully saturated rings. The Morgan fingerprint density at radius 1 is 1.57 bits per heavy atom. The van der Waals surface area contributed by atoms with Gasteiger partial charge >= 0.3 is 5.97 Å². The van der Waals surface area contributed by atoms with Crippen molar-refractivity contribution in [3.63, 3.8) is 0 Å². The second-order valence-electron chi connectivity index (χ2n) is 2.77. The van der Waals surface area contributed by atoms with Gasteiger partial charge in [-0.1, -0.05) is 12.1 Å². The summed E-state index contributed by atoms with van der Waals surface area (Å²) in [7, 11) is 0. The van der Waals surface area contributed by atoms with E-state index in [9.17, 15) is 9.18 Å². The van der Waals surface area contributed by atoms with E-state index in [0.29, 0.717) is 5.56 Å². The Morgan fingerprint density at radius 2 is 2.21 bits per heavy atom. The molecule has 0 saturated heterocycles. The van der Waals surface area contributed by atoms with Gasteiger partial charge in [0.25, 0.3) is 0 Å². The lowest BCUT2D eigenvalue weighted by Crippen LogP contribution is -2.22. The molecule has 0 amide bonds. The third-order valence-electron chi connectivity index (χ3n) is 1.73. The van der Waals surface area contributed by atoms with E-state index in [-0.39, 0.29) is 10.9 Å². The van der Waals surface area contributed by atoms with Crippen molar-refractivity contribution < 1.29 is 19.4 Å². The van der Waals surface area contributed by atoms with Crippen molar-refractivity contribution in [3.8, 4) is 0 Å². The first kappa shape index (κ1) is 11.1. The number of aliphatic hydroxyl groups is 1. The van der Waals surface area contributed by atoms with Crippen LogP contribution in [0.3, 0.4) is 0 Å². The molecule has 1 unspecified atom stereocenters. The Balaban J connectivity index is 2.87. The molecule has 0 heterocycles. The molecule has 0 spiro atoms. The maximum Gasteiger partial charge on any atom is 0.332 e. The van der Waals surface area contributed by atoms with Gasteiger partial charge in [-0.3, -0.25) is 0 Å². The molecule has 76 valence electrons. The number of rotatable bonds is 3. The maximum absolute atomic E-state index is 13.0. The summed E-state index contributed by atoms with van der Waals surface area (Å²) in [5, 5.41) is 17.5. The van der Waals surface area contributed by atoms with E-state index in [1.54, 1.807) is 6.07 Å². The third-order valence-corrected chi connectivity index (χ3v) is 2.62. The molecule has 0 aromatic heterocycles. The molecule has 1 rings (SSSR count). The highest BCUT2D eigenvalue weighted by atomic mass is 79.9. The zero-order valence-electron chi connectivity index (χ0n) is 7.08. The van der Waals surface area contributed by atoms with Crippen molar-refractivity contribution in [2.75, 3.05) is 0 Å². The van der Waals surface area contributed by atoms with Crippen LogP contribution in [0.5, 0.6) is 0 Å². The largest absolute Gasteiger partial charge is 0.479 e. The summed E-state index contributed by atoms with van der Waals surface area (Å²) in [6.07, 6.45) is -1.62. The summed E-state index contributed by atoms with van der Waals surface area (Å²) in [6.45, 7) is 0. The Kier molecular flexibility index (Phi) is 3.60. The number of aliphatic carboxylic acids is 1. The molecule has 1 aromatic rings. The predicted molar refractivity (Wildman–Crippen MR) is 51.4 cm³/mol. The van der Waals surface area contributed by atoms with E-state index in [4.69, 9.17) is 10.2 Å². The number of carboxylic acids is 1. The molecule has 0 saturated carbocycles. The number of carboxylic acid groups (broad SMARTS) is 1. The predicted octanol–water partition coefficient (Wildman–Crippen LogP) is 1.58. The van der Waals surface area contributed by atoms with Crippen LogP contribution in [0.1, 0.15) is 5.56 Å². The molecule has 1 atom stereocenters. The zero-order valence-corrected chi connectivity index (χ0v) is 8.66. The van der Waals surface area contributed by atoms with Crippen LogP contribution in [-0.4, -0.2) is 22.3 Å². The van der Waals surface area contributed by atoms with Crippen LogP contribution in [0.15, 0.2) is 22.7 Å². The standard InChI is InChI=1S/C9H8BrFO3/c10-8-5(2-1-3-6(8)11)4-7(12)9(13)14/h1-3,7,12H,4H2,(H,13,14). The van der Waals surface area contributed by atoms with Crippen LogP contribution in [-0.2, 0) is 11.2 Å². The average molecular weight is 263 g/mol. The molecule has 0 aliphatic heterocycles. The highest BCUT2D eigenvalue weighted by Gasteiger charge is 2.16. The van der Waals surface area contributed by atoms with Gasteiger partial charge in [0, 0.05) is 6.42 Å². The van der Waals surface area contributed by atoms with Crippen LogP contribution in [0.4, 0.5) is 4.39 Å². The van der Waals surface area contributed by atoms with Crippen LogP contribution in [0.25, 0.3) is 0 Å². The Morgan fingerprint density at radius 3 is 2.79 bits per heavy atom. The molecule has 1 aromatic carbocycles. The van der Waals surface area contributed by atoms with Crippen LogP contribution in [0, 0.1) is 5.82 Å². The topological polar surface area (TPSA) is 57.5 Å². The van der Waals surface area contributed by atoms with Gasteiger partial charge in [-0.15, -0.1) is 0 Å². The average Bonchev–Trinajstić information content (AvgIpc) is 2.12. The number of hydrogen-bond donors (Lipinski definition) is 2. The minimum atomic E-state index is -1.51. The third kappa shape index (κ3) is 2.52. The first-order chi connectivity index (χ1) is 6.52. The summed E-state index contributed by atoms with van der Waals surface area (Å²) in [5.41, 5.74) is 0.430. The molecule has 2 N–H and O–H groups in total. The lowest BCUT2D eigenvalue weighted by molar-refractivity contribution is -0.146. The van der Waals surface area contributed by atoms with E-state index in [1.165, 1.54) is 12.1 Å². The fourth-order valence-corrected chi connectivity index (χ4v) is 1.43. The summed E-state index contributed by atoms with van der Waals surface area (Å²) < 4.78 is 13.1. The van der Waals surface area contributed by atoms with Crippen LogP contribution < -0.4 is 0 Å². The molecule has 0 radical (unpaired) electrons. The van der Waals surface area contributed by atoms with Gasteiger partial charge in [0.2, 0.25) is 0 Å². The van der Waals surface area contributed by atoms with Gasteiger partial charge in [-0.05, 0) is 27.6 Å². The Hall–Kier alpha value is -0.940. The molecular weight excluding hydrogens is 255 g/mol. The smallest absolute Gasteiger partial charge is 0.332 e. The molecule has 14 heavy (non-hydrogen) atoms. The summed E-state index contributed by atoms with van der Waals surface area (Å²) >= 11 is 2.98. The first-order valence-corrected chi connectivity index (χ1v) is 4.65. The van der Waals surface area contributed by atoms with E-state index in [1.807, 2.05) is 0 Å². The SMILES string of the molecule is O=C(O)C(O)Cc1cccc(F)c1Br. The van der Waals surface area contributed by atoms with Gasteiger partial charge < -0.3 is 10.2 Å². The quantitative estimate of drug-likeness (QED) is 0.870. The molecule has 5 heteroatoms. The minimum Gasteiger partial charge on any atom is -0.479 e. The van der Waals surface area contributed by atoms with Crippen molar-refractivity contribution in [3.05, 3.63) is 34.1 Å². The highest BCUT2D eigenvalue weighted by Crippen LogP contribution is 2.21. The Bertz CT molecular complexity index is 354. The van der Waals surface area contributed by atoms with E-state index >= 15 is 0 Å². The normalized spacial score (nSPS) is 12.5. The molecule has 0 bridgehead atoms. The monoisotopic (exact) mass is 262 g/mol. The summed E-state index contributed by atoms with van der Waals surface area (Å²) in [6, 6.07) is 4.27. The second kappa shape index (κ2) is 4.52. The van der Waals surface area contributed by atoms with Gasteiger partial charge in [0.1, 0.15) is 5.82 Å². The number of carbonyl (C=O) groups is 1. The first-order valence-electron chi connectivity index (χ1n) is 3.86. The number of hydrogen-bond acceptors (Lipinski definition) is 2. The van der Waals surface area contributed by atoms with Crippen LogP contribution in [0.2, 0.25) is 0 Å².